The van der Waals surface area contributed by atoms with Crippen LogP contribution in [0.25, 0.3) is 0 Å². The van der Waals surface area contributed by atoms with Gasteiger partial charge in [0.05, 0.1) is 5.75 Å². The molecule has 80 valence electrons. The Labute approximate surface area is 90.5 Å². The third-order valence-electron chi connectivity index (χ3n) is 2.44. The number of hydrogen-bond donors (Lipinski definition) is 1. The maximum absolute atomic E-state index is 11.4. The summed E-state index contributed by atoms with van der Waals surface area (Å²) in [5.74, 6) is 1.62. The Balaban J connectivity index is 2.09. The number of rotatable bonds is 5. The Hall–Kier alpha value is -0.440. The molecule has 1 aliphatic rings. The second kappa shape index (κ2) is 6.93. The summed E-state index contributed by atoms with van der Waals surface area (Å²) < 4.78 is 0. The van der Waals surface area contributed by atoms with Crippen LogP contribution in [0.3, 0.4) is 0 Å². The smallest absolute Gasteiger partial charge is 0.230 e. The van der Waals surface area contributed by atoms with Crippen molar-refractivity contribution in [3.63, 3.8) is 0 Å². The van der Waals surface area contributed by atoms with Crippen LogP contribution in [0.1, 0.15) is 32.1 Å². The van der Waals surface area contributed by atoms with Crippen molar-refractivity contribution in [1.82, 2.24) is 5.32 Å². The van der Waals surface area contributed by atoms with Crippen molar-refractivity contribution in [2.45, 2.75) is 38.1 Å². The summed E-state index contributed by atoms with van der Waals surface area (Å²) in [6, 6.07) is 0.445. The maximum Gasteiger partial charge on any atom is 0.230 e. The molecule has 1 N–H and O–H groups in total. The molecule has 0 bridgehead atoms. The first-order valence-corrected chi connectivity index (χ1v) is 6.46. The summed E-state index contributed by atoms with van der Waals surface area (Å²) >= 11 is 1.62. The Morgan fingerprint density at radius 1 is 1.43 bits per heavy atom. The number of nitrogens with one attached hydrogen (secondary N) is 1. The Bertz CT molecular complexity index is 188. The Kier molecular flexibility index (Phi) is 5.76. The fraction of sp³-hybridized carbons (Fsp3) is 0.727. The van der Waals surface area contributed by atoms with Crippen LogP contribution in [0.5, 0.6) is 0 Å². The van der Waals surface area contributed by atoms with Gasteiger partial charge in [0.25, 0.3) is 0 Å². The lowest BCUT2D eigenvalue weighted by molar-refractivity contribution is -0.119. The molecule has 0 aromatic heterocycles. The molecule has 1 aliphatic carbocycles. The minimum absolute atomic E-state index is 0.184. The molecule has 1 fully saturated rings. The molecule has 1 rings (SSSR count). The fourth-order valence-electron chi connectivity index (χ4n) is 1.75. The van der Waals surface area contributed by atoms with Gasteiger partial charge in [-0.3, -0.25) is 4.79 Å². The zero-order chi connectivity index (χ0) is 10.2. The number of thioether (sulfide) groups is 1. The van der Waals surface area contributed by atoms with E-state index >= 15 is 0 Å². The van der Waals surface area contributed by atoms with Gasteiger partial charge in [0, 0.05) is 11.8 Å². The highest BCUT2D eigenvalue weighted by Crippen LogP contribution is 2.17. The normalized spacial score (nSPS) is 17.7. The van der Waals surface area contributed by atoms with Crippen LogP contribution in [0.15, 0.2) is 12.7 Å². The molecule has 1 saturated carbocycles. The van der Waals surface area contributed by atoms with E-state index in [0.717, 1.165) is 18.6 Å². The van der Waals surface area contributed by atoms with Gasteiger partial charge in [0.1, 0.15) is 0 Å². The molecule has 0 aliphatic heterocycles. The first-order valence-electron chi connectivity index (χ1n) is 5.31. The third kappa shape index (κ3) is 4.70. The summed E-state index contributed by atoms with van der Waals surface area (Å²) in [5.41, 5.74) is 0. The molecule has 0 aromatic rings. The second-order valence-electron chi connectivity index (χ2n) is 3.71. The van der Waals surface area contributed by atoms with Crippen molar-refractivity contribution in [2.24, 2.45) is 0 Å². The average molecular weight is 213 g/mol. The van der Waals surface area contributed by atoms with Crippen LogP contribution in [-0.2, 0) is 4.79 Å². The number of amides is 1. The summed E-state index contributed by atoms with van der Waals surface area (Å²) in [6.07, 6.45) is 8.03. The van der Waals surface area contributed by atoms with Crippen molar-refractivity contribution in [3.8, 4) is 0 Å². The number of carbonyl (C=O) groups is 1. The Morgan fingerprint density at radius 2 is 2.14 bits per heavy atom. The highest BCUT2D eigenvalue weighted by molar-refractivity contribution is 8.00. The molecule has 2 nitrogen and oxygen atoms in total. The van der Waals surface area contributed by atoms with Crippen LogP contribution < -0.4 is 5.32 Å². The predicted molar refractivity (Wildman–Crippen MR) is 62.5 cm³/mol. The van der Waals surface area contributed by atoms with E-state index in [9.17, 15) is 4.79 Å². The molecule has 0 spiro atoms. The number of hydrogen-bond acceptors (Lipinski definition) is 2. The quantitative estimate of drug-likeness (QED) is 0.561. The van der Waals surface area contributed by atoms with Crippen molar-refractivity contribution in [1.29, 1.82) is 0 Å². The van der Waals surface area contributed by atoms with Crippen molar-refractivity contribution in [3.05, 3.63) is 12.7 Å². The van der Waals surface area contributed by atoms with Crippen molar-refractivity contribution >= 4 is 17.7 Å². The molecule has 14 heavy (non-hydrogen) atoms. The van der Waals surface area contributed by atoms with Gasteiger partial charge < -0.3 is 5.32 Å². The van der Waals surface area contributed by atoms with E-state index in [4.69, 9.17) is 0 Å². The van der Waals surface area contributed by atoms with Gasteiger partial charge in [0.2, 0.25) is 5.91 Å². The van der Waals surface area contributed by atoms with E-state index < -0.39 is 0 Å². The van der Waals surface area contributed by atoms with Crippen molar-refractivity contribution in [2.75, 3.05) is 11.5 Å². The minimum Gasteiger partial charge on any atom is -0.353 e. The zero-order valence-corrected chi connectivity index (χ0v) is 9.44. The van der Waals surface area contributed by atoms with E-state index in [0.29, 0.717) is 11.8 Å². The van der Waals surface area contributed by atoms with Crippen LogP contribution in [0.4, 0.5) is 0 Å². The van der Waals surface area contributed by atoms with Gasteiger partial charge >= 0.3 is 0 Å². The van der Waals surface area contributed by atoms with E-state index in [1.165, 1.54) is 19.3 Å². The van der Waals surface area contributed by atoms with Crippen LogP contribution in [0, 0.1) is 0 Å². The van der Waals surface area contributed by atoms with Crippen LogP contribution in [0.2, 0.25) is 0 Å². The van der Waals surface area contributed by atoms with Gasteiger partial charge in [0.15, 0.2) is 0 Å². The zero-order valence-electron chi connectivity index (χ0n) is 8.63. The van der Waals surface area contributed by atoms with Crippen LogP contribution in [-0.4, -0.2) is 23.5 Å². The lowest BCUT2D eigenvalue weighted by Gasteiger charge is -2.22. The molecule has 0 atom stereocenters. The van der Waals surface area contributed by atoms with E-state index in [2.05, 4.69) is 11.9 Å². The maximum atomic E-state index is 11.4. The Morgan fingerprint density at radius 3 is 2.79 bits per heavy atom. The molecular weight excluding hydrogens is 194 g/mol. The van der Waals surface area contributed by atoms with Gasteiger partial charge in [-0.2, -0.15) is 0 Å². The first-order chi connectivity index (χ1) is 6.83. The highest BCUT2D eigenvalue weighted by atomic mass is 32.2. The third-order valence-corrected chi connectivity index (χ3v) is 3.38. The predicted octanol–water partition coefficient (Wildman–Crippen LogP) is 2.35. The van der Waals surface area contributed by atoms with Gasteiger partial charge in [-0.25, -0.2) is 0 Å². The molecule has 1 amide bonds. The van der Waals surface area contributed by atoms with Gasteiger partial charge in [-0.15, -0.1) is 18.3 Å². The molecule has 0 unspecified atom stereocenters. The molecule has 0 aromatic carbocycles. The summed E-state index contributed by atoms with van der Waals surface area (Å²) in [4.78, 5) is 11.4. The monoisotopic (exact) mass is 213 g/mol. The van der Waals surface area contributed by atoms with E-state index in [1.54, 1.807) is 11.8 Å². The van der Waals surface area contributed by atoms with E-state index in [1.807, 2.05) is 6.08 Å². The summed E-state index contributed by atoms with van der Waals surface area (Å²) in [5, 5.41) is 3.08. The highest BCUT2D eigenvalue weighted by Gasteiger charge is 2.14. The molecular formula is C11H19NOS. The standard InChI is InChI=1S/C11H19NOS/c1-2-8-14-9-11(13)12-10-6-4-3-5-7-10/h2,10H,1,3-9H2,(H,12,13). The molecule has 0 heterocycles. The lowest BCUT2D eigenvalue weighted by atomic mass is 9.95. The molecule has 0 saturated heterocycles. The molecule has 3 heteroatoms. The number of carbonyl (C=O) groups excluding carboxylic acids is 1. The van der Waals surface area contributed by atoms with Gasteiger partial charge in [-0.05, 0) is 12.8 Å². The first kappa shape index (κ1) is 11.6. The van der Waals surface area contributed by atoms with Crippen molar-refractivity contribution < 1.29 is 4.79 Å². The fourth-order valence-corrected chi connectivity index (χ4v) is 2.30. The molecule has 0 radical (unpaired) electrons. The summed E-state index contributed by atoms with van der Waals surface area (Å²) in [6.45, 7) is 3.62. The average Bonchev–Trinajstić information content (AvgIpc) is 2.20. The minimum atomic E-state index is 0.184. The largest absolute Gasteiger partial charge is 0.353 e. The SMILES string of the molecule is C=CCSCC(=O)NC1CCCCC1. The topological polar surface area (TPSA) is 29.1 Å². The summed E-state index contributed by atoms with van der Waals surface area (Å²) in [7, 11) is 0. The lowest BCUT2D eigenvalue weighted by Crippen LogP contribution is -2.37. The van der Waals surface area contributed by atoms with Gasteiger partial charge in [-0.1, -0.05) is 25.3 Å². The van der Waals surface area contributed by atoms with Crippen LogP contribution >= 0.6 is 11.8 Å². The van der Waals surface area contributed by atoms with E-state index in [-0.39, 0.29) is 5.91 Å². The second-order valence-corrected chi connectivity index (χ2v) is 4.74.